The van der Waals surface area contributed by atoms with Crippen LogP contribution >= 0.6 is 0 Å². The van der Waals surface area contributed by atoms with Crippen molar-refractivity contribution in [3.63, 3.8) is 0 Å². The van der Waals surface area contributed by atoms with Gasteiger partial charge in [-0.15, -0.1) is 0 Å². The van der Waals surface area contributed by atoms with Gasteiger partial charge in [0.1, 0.15) is 11.9 Å². The lowest BCUT2D eigenvalue weighted by Crippen LogP contribution is -2.20. The summed E-state index contributed by atoms with van der Waals surface area (Å²) < 4.78 is 5.77. The average molecular weight is 190 g/mol. The van der Waals surface area contributed by atoms with Gasteiger partial charge in [-0.3, -0.25) is 0 Å². The van der Waals surface area contributed by atoms with Crippen molar-refractivity contribution >= 4 is 0 Å². The molecule has 4 nitrogen and oxygen atoms in total. The van der Waals surface area contributed by atoms with Gasteiger partial charge in [0.15, 0.2) is 5.69 Å². The number of H-pyrrole nitrogens is 1. The van der Waals surface area contributed by atoms with Gasteiger partial charge in [0, 0.05) is 5.56 Å². The highest BCUT2D eigenvalue weighted by atomic mass is 16.5. The van der Waals surface area contributed by atoms with Crippen LogP contribution in [0, 0.1) is 5.21 Å². The number of methoxy groups -OCH3 is 1. The van der Waals surface area contributed by atoms with E-state index >= 15 is 0 Å². The minimum atomic E-state index is 0.736. The molecule has 0 bridgehead atoms. The normalized spacial score (nSPS) is 10.1. The van der Waals surface area contributed by atoms with Crippen LogP contribution in [-0.2, 0) is 0 Å². The lowest BCUT2D eigenvalue weighted by atomic mass is 10.2. The Balaban J connectivity index is 2.33. The molecule has 14 heavy (non-hydrogen) atoms. The third-order valence-corrected chi connectivity index (χ3v) is 2.00. The Morgan fingerprint density at radius 2 is 2.00 bits per heavy atom. The lowest BCUT2D eigenvalue weighted by Gasteiger charge is -1.99. The highest BCUT2D eigenvalue weighted by Crippen LogP contribution is 2.19. The van der Waals surface area contributed by atoms with Crippen molar-refractivity contribution in [3.05, 3.63) is 42.0 Å². The summed E-state index contributed by atoms with van der Waals surface area (Å²) in [5.74, 6) is 0.801. The van der Waals surface area contributed by atoms with Gasteiger partial charge in [-0.25, -0.2) is 9.71 Å². The predicted molar refractivity (Wildman–Crippen MR) is 51.7 cm³/mol. The van der Waals surface area contributed by atoms with Gasteiger partial charge in [0.05, 0.1) is 7.11 Å². The molecule has 0 aliphatic heterocycles. The van der Waals surface area contributed by atoms with Crippen LogP contribution in [0.4, 0.5) is 0 Å². The molecule has 0 aliphatic rings. The Morgan fingerprint density at radius 3 is 2.50 bits per heavy atom. The molecular weight excluding hydrogens is 180 g/mol. The zero-order valence-electron chi connectivity index (χ0n) is 7.73. The first kappa shape index (κ1) is 8.62. The van der Waals surface area contributed by atoms with E-state index in [4.69, 9.17) is 4.74 Å². The second kappa shape index (κ2) is 3.41. The van der Waals surface area contributed by atoms with Crippen molar-refractivity contribution in [1.29, 1.82) is 0 Å². The summed E-state index contributed by atoms with van der Waals surface area (Å²) in [5.41, 5.74) is 1.75. The number of aromatic nitrogens is 2. The Bertz CT molecular complexity index is 420. The zero-order valence-corrected chi connectivity index (χ0v) is 7.73. The number of rotatable bonds is 2. The molecule has 0 fully saturated rings. The summed E-state index contributed by atoms with van der Waals surface area (Å²) in [6.07, 6.45) is 2.85. The molecule has 0 radical (unpaired) electrons. The second-order valence-electron chi connectivity index (χ2n) is 2.90. The fourth-order valence-electron chi connectivity index (χ4n) is 1.26. The third kappa shape index (κ3) is 1.54. The lowest BCUT2D eigenvalue weighted by molar-refractivity contribution is -0.603. The van der Waals surface area contributed by atoms with Gasteiger partial charge in [0.2, 0.25) is 6.33 Å². The van der Waals surface area contributed by atoms with E-state index in [2.05, 4.69) is 4.98 Å². The van der Waals surface area contributed by atoms with E-state index in [1.54, 1.807) is 7.11 Å². The maximum absolute atomic E-state index is 10.8. The summed E-state index contributed by atoms with van der Waals surface area (Å²) in [5, 5.41) is 10.8. The van der Waals surface area contributed by atoms with Gasteiger partial charge in [-0.1, -0.05) is 0 Å². The summed E-state index contributed by atoms with van der Waals surface area (Å²) in [6.45, 7) is 0. The molecule has 0 saturated carbocycles. The van der Waals surface area contributed by atoms with Gasteiger partial charge in [-0.05, 0) is 24.3 Å². The molecule has 72 valence electrons. The summed E-state index contributed by atoms with van der Waals surface area (Å²) in [4.78, 5) is 2.87. The summed E-state index contributed by atoms with van der Waals surface area (Å²) >= 11 is 0. The molecule has 2 aromatic rings. The van der Waals surface area contributed by atoms with Crippen LogP contribution in [-0.4, -0.2) is 12.1 Å². The number of ether oxygens (including phenoxy) is 1. The number of nitrogens with zero attached hydrogens (tertiary/aromatic N) is 1. The quantitative estimate of drug-likeness (QED) is 0.573. The molecular formula is C10H10N2O2. The van der Waals surface area contributed by atoms with Crippen LogP contribution < -0.4 is 9.47 Å². The maximum atomic E-state index is 10.8. The molecule has 0 unspecified atom stereocenters. The van der Waals surface area contributed by atoms with Gasteiger partial charge < -0.3 is 9.94 Å². The molecule has 1 aromatic heterocycles. The molecule has 1 heterocycles. The first-order valence-electron chi connectivity index (χ1n) is 4.21. The van der Waals surface area contributed by atoms with E-state index in [0.717, 1.165) is 21.7 Å². The van der Waals surface area contributed by atoms with Crippen molar-refractivity contribution in [3.8, 4) is 17.0 Å². The maximum Gasteiger partial charge on any atom is 0.245 e. The number of nitrogens with one attached hydrogen (secondary N) is 1. The largest absolute Gasteiger partial charge is 0.711 e. The molecule has 0 saturated heterocycles. The fourth-order valence-corrected chi connectivity index (χ4v) is 1.26. The monoisotopic (exact) mass is 190 g/mol. The van der Waals surface area contributed by atoms with E-state index in [9.17, 15) is 5.21 Å². The van der Waals surface area contributed by atoms with Crippen LogP contribution in [0.3, 0.4) is 0 Å². The molecule has 2 rings (SSSR count). The molecule has 1 N–H and O–H groups in total. The summed E-state index contributed by atoms with van der Waals surface area (Å²) in [7, 11) is 1.62. The number of benzene rings is 1. The standard InChI is InChI=1S/C10H10N2O2/c1-14-9-4-2-8(3-5-9)10-6-12(13)7-11-10/h2-7,11H,1H3. The van der Waals surface area contributed by atoms with E-state index in [-0.39, 0.29) is 0 Å². The van der Waals surface area contributed by atoms with Gasteiger partial charge >= 0.3 is 0 Å². The van der Waals surface area contributed by atoms with E-state index in [1.807, 2.05) is 24.3 Å². The van der Waals surface area contributed by atoms with Crippen molar-refractivity contribution < 1.29 is 9.47 Å². The Kier molecular flexibility index (Phi) is 2.10. The second-order valence-corrected chi connectivity index (χ2v) is 2.90. The van der Waals surface area contributed by atoms with Crippen molar-refractivity contribution in [2.24, 2.45) is 0 Å². The van der Waals surface area contributed by atoms with Crippen molar-refractivity contribution in [2.45, 2.75) is 0 Å². The fraction of sp³-hybridized carbons (Fsp3) is 0.100. The van der Waals surface area contributed by atoms with Crippen LogP contribution in [0.15, 0.2) is 36.8 Å². The molecule has 0 atom stereocenters. The average Bonchev–Trinajstić information content (AvgIpc) is 2.65. The first-order valence-corrected chi connectivity index (χ1v) is 4.21. The smallest absolute Gasteiger partial charge is 0.245 e. The SMILES string of the molecule is COc1ccc(-c2c[n+]([O-])c[nH]2)cc1. The van der Waals surface area contributed by atoms with Crippen molar-refractivity contribution in [1.82, 2.24) is 4.98 Å². The van der Waals surface area contributed by atoms with Gasteiger partial charge in [-0.2, -0.15) is 0 Å². The van der Waals surface area contributed by atoms with E-state index < -0.39 is 0 Å². The van der Waals surface area contributed by atoms with E-state index in [0.29, 0.717) is 0 Å². The number of aromatic amines is 1. The summed E-state index contributed by atoms with van der Waals surface area (Å²) in [6, 6.07) is 7.49. The van der Waals surface area contributed by atoms with Crippen LogP contribution in [0.1, 0.15) is 0 Å². The van der Waals surface area contributed by atoms with Crippen LogP contribution in [0.5, 0.6) is 5.75 Å². The van der Waals surface area contributed by atoms with E-state index in [1.165, 1.54) is 12.5 Å². The highest BCUT2D eigenvalue weighted by Gasteiger charge is 2.04. The molecule has 0 spiro atoms. The Morgan fingerprint density at radius 1 is 1.29 bits per heavy atom. The predicted octanol–water partition coefficient (Wildman–Crippen LogP) is 1.32. The first-order chi connectivity index (χ1) is 6.79. The number of imidazole rings is 1. The number of hydrogen-bond donors (Lipinski definition) is 1. The van der Waals surface area contributed by atoms with Crippen LogP contribution in [0.25, 0.3) is 11.3 Å². The Hall–Kier alpha value is -1.97. The molecule has 4 heteroatoms. The van der Waals surface area contributed by atoms with Crippen LogP contribution in [0.2, 0.25) is 0 Å². The minimum absolute atomic E-state index is 0.736. The topological polar surface area (TPSA) is 52.0 Å². The van der Waals surface area contributed by atoms with Gasteiger partial charge in [0.25, 0.3) is 0 Å². The third-order valence-electron chi connectivity index (χ3n) is 2.00. The molecule has 1 aromatic carbocycles. The highest BCUT2D eigenvalue weighted by molar-refractivity contribution is 5.58. The molecule has 0 aliphatic carbocycles. The van der Waals surface area contributed by atoms with Crippen molar-refractivity contribution in [2.75, 3.05) is 7.11 Å². The Labute approximate surface area is 81.4 Å². The minimum Gasteiger partial charge on any atom is -0.711 e. The zero-order chi connectivity index (χ0) is 9.97. The molecule has 0 amide bonds. The number of hydrogen-bond acceptors (Lipinski definition) is 2.